The van der Waals surface area contributed by atoms with E-state index in [2.05, 4.69) is 107 Å². The summed E-state index contributed by atoms with van der Waals surface area (Å²) in [5, 5.41) is 16.3. The van der Waals surface area contributed by atoms with Crippen molar-refractivity contribution in [1.29, 1.82) is 5.26 Å². The molecular weight excluding hydrogens is 650 g/mol. The molecule has 5 nitrogen and oxygen atoms in total. The van der Waals surface area contributed by atoms with Crippen molar-refractivity contribution in [1.82, 2.24) is 5.32 Å². The van der Waals surface area contributed by atoms with Crippen molar-refractivity contribution < 1.29 is 9.53 Å². The molecule has 0 aliphatic carbocycles. The van der Waals surface area contributed by atoms with E-state index in [0.29, 0.717) is 5.56 Å². The lowest BCUT2D eigenvalue weighted by atomic mass is 10.1. The van der Waals surface area contributed by atoms with Crippen LogP contribution in [0.4, 0.5) is 5.69 Å². The highest BCUT2D eigenvalue weighted by atomic mass is 35.5. The molecular formula is C45H54ClN3O2. The Bertz CT molecular complexity index is 1740. The standard InChI is InChI=1S/C17H18N2.C17H21NO.C9H11Cl.C2H4O/c1-2-4-14-5-3-6-16(11-14)13-19-17-9-7-15(12-18)8-10-17;1-3-12-18-13-15-6-10-17(11-7-15)19-16-8-4-14(2)5-9-16;1-6-4-9(10)5-7(2)8(6)3;1-2-3/h3,5-11,19H,2,4,13H2,1H3;4-11,18H,3,12-13H2,1-2H3;4-5H,1-3H3;2H,1H3. The molecule has 0 aliphatic heterocycles. The van der Waals surface area contributed by atoms with Crippen LogP contribution in [0.15, 0.2) is 109 Å². The van der Waals surface area contributed by atoms with Crippen molar-refractivity contribution in [2.45, 2.75) is 80.8 Å². The number of nitrogens with one attached hydrogen (secondary N) is 2. The van der Waals surface area contributed by atoms with Crippen molar-refractivity contribution >= 4 is 23.6 Å². The maximum atomic E-state index is 8.81. The van der Waals surface area contributed by atoms with Gasteiger partial charge in [0.25, 0.3) is 0 Å². The third-order valence-corrected chi connectivity index (χ3v) is 8.09. The lowest BCUT2D eigenvalue weighted by molar-refractivity contribution is -0.106. The number of hydrogen-bond acceptors (Lipinski definition) is 5. The Morgan fingerprint density at radius 2 is 1.29 bits per heavy atom. The molecule has 0 radical (unpaired) electrons. The van der Waals surface area contributed by atoms with E-state index in [1.807, 2.05) is 60.7 Å². The summed E-state index contributed by atoms with van der Waals surface area (Å²) in [5.74, 6) is 1.76. The molecule has 51 heavy (non-hydrogen) atoms. The van der Waals surface area contributed by atoms with Gasteiger partial charge in [-0.1, -0.05) is 86.0 Å². The topological polar surface area (TPSA) is 74.2 Å². The number of benzene rings is 5. The predicted octanol–water partition coefficient (Wildman–Crippen LogP) is 11.9. The van der Waals surface area contributed by atoms with Gasteiger partial charge in [-0.2, -0.15) is 5.26 Å². The van der Waals surface area contributed by atoms with E-state index >= 15 is 0 Å². The van der Waals surface area contributed by atoms with Crippen LogP contribution in [0.25, 0.3) is 0 Å². The average Bonchev–Trinajstić information content (AvgIpc) is 3.13. The SMILES string of the molecule is CC=O.CCCNCc1ccc(Oc2ccc(C)cc2)cc1.CCCc1cccc(CNc2ccc(C#N)cc2)c1.Cc1cc(Cl)cc(C)c1C. The van der Waals surface area contributed by atoms with Gasteiger partial charge in [-0.25, -0.2) is 0 Å². The van der Waals surface area contributed by atoms with Gasteiger partial charge in [0.05, 0.1) is 11.6 Å². The van der Waals surface area contributed by atoms with Gasteiger partial charge in [0.2, 0.25) is 0 Å². The second-order valence-electron chi connectivity index (χ2n) is 12.2. The summed E-state index contributed by atoms with van der Waals surface area (Å²) in [4.78, 5) is 8.81. The van der Waals surface area contributed by atoms with Gasteiger partial charge in [0.15, 0.2) is 0 Å². The van der Waals surface area contributed by atoms with Gasteiger partial charge in [0.1, 0.15) is 17.8 Å². The first kappa shape index (κ1) is 42.3. The minimum atomic E-state index is 0.690. The van der Waals surface area contributed by atoms with Gasteiger partial charge < -0.3 is 20.2 Å². The molecule has 5 aromatic rings. The molecule has 0 amide bonds. The van der Waals surface area contributed by atoms with Gasteiger partial charge in [-0.15, -0.1) is 0 Å². The van der Waals surface area contributed by atoms with Crippen LogP contribution >= 0.6 is 11.6 Å². The Kier molecular flexibility index (Phi) is 20.1. The Labute approximate surface area is 311 Å². The van der Waals surface area contributed by atoms with E-state index in [-0.39, 0.29) is 0 Å². The smallest absolute Gasteiger partial charge is 0.127 e. The minimum Gasteiger partial charge on any atom is -0.457 e. The predicted molar refractivity (Wildman–Crippen MR) is 216 cm³/mol. The van der Waals surface area contributed by atoms with E-state index < -0.39 is 0 Å². The van der Waals surface area contributed by atoms with Gasteiger partial charge in [-0.3, -0.25) is 0 Å². The summed E-state index contributed by atoms with van der Waals surface area (Å²) in [5.41, 5.74) is 10.8. The summed E-state index contributed by atoms with van der Waals surface area (Å²) < 4.78 is 5.79. The number of aldehydes is 1. The Morgan fingerprint density at radius 1 is 0.725 bits per heavy atom. The Morgan fingerprint density at radius 3 is 1.84 bits per heavy atom. The number of hydrogen-bond donors (Lipinski definition) is 2. The number of aryl methyl sites for hydroxylation is 4. The first-order valence-electron chi connectivity index (χ1n) is 17.6. The van der Waals surface area contributed by atoms with Crippen molar-refractivity contribution in [2.75, 3.05) is 11.9 Å². The first-order chi connectivity index (χ1) is 24.6. The van der Waals surface area contributed by atoms with Crippen LogP contribution in [-0.4, -0.2) is 12.8 Å². The third-order valence-electron chi connectivity index (χ3n) is 7.87. The zero-order chi connectivity index (χ0) is 37.4. The van der Waals surface area contributed by atoms with Crippen LogP contribution in [0.3, 0.4) is 0 Å². The molecule has 6 heteroatoms. The third kappa shape index (κ3) is 17.1. The maximum absolute atomic E-state index is 8.81. The fourth-order valence-electron chi connectivity index (χ4n) is 4.86. The monoisotopic (exact) mass is 703 g/mol. The van der Waals surface area contributed by atoms with Crippen molar-refractivity contribution in [2.24, 2.45) is 0 Å². The average molecular weight is 704 g/mol. The zero-order valence-electron chi connectivity index (χ0n) is 31.4. The molecule has 5 aromatic carbocycles. The molecule has 0 fully saturated rings. The summed E-state index contributed by atoms with van der Waals surface area (Å²) in [6.07, 6.45) is 4.21. The van der Waals surface area contributed by atoms with Crippen LogP contribution in [0.2, 0.25) is 5.02 Å². The fraction of sp³-hybridized carbons (Fsp3) is 0.289. The van der Waals surface area contributed by atoms with E-state index in [4.69, 9.17) is 26.4 Å². The highest BCUT2D eigenvalue weighted by Crippen LogP contribution is 2.22. The number of anilines is 1. The normalized spacial score (nSPS) is 9.78. The zero-order valence-corrected chi connectivity index (χ0v) is 32.1. The van der Waals surface area contributed by atoms with Crippen molar-refractivity contribution in [3.05, 3.63) is 159 Å². The van der Waals surface area contributed by atoms with E-state index in [1.165, 1.54) is 52.3 Å². The molecule has 0 atom stereocenters. The van der Waals surface area contributed by atoms with Crippen LogP contribution in [0, 0.1) is 39.0 Å². The molecule has 0 spiro atoms. The number of carbonyl (C=O) groups excluding carboxylic acids is 1. The number of rotatable bonds is 11. The Hall–Kier alpha value is -4.89. The van der Waals surface area contributed by atoms with Crippen LogP contribution in [0.5, 0.6) is 11.5 Å². The molecule has 0 bridgehead atoms. The van der Waals surface area contributed by atoms with E-state index in [1.54, 1.807) is 0 Å². The summed E-state index contributed by atoms with van der Waals surface area (Å²) in [6, 6.07) is 38.6. The van der Waals surface area contributed by atoms with Crippen molar-refractivity contribution in [3.8, 4) is 17.6 Å². The second-order valence-corrected chi connectivity index (χ2v) is 12.7. The minimum absolute atomic E-state index is 0.690. The van der Waals surface area contributed by atoms with Gasteiger partial charge >= 0.3 is 0 Å². The molecule has 0 saturated heterocycles. The molecule has 2 N–H and O–H groups in total. The number of ether oxygens (including phenoxy) is 1. The summed E-state index contributed by atoms with van der Waals surface area (Å²) in [7, 11) is 0. The fourth-order valence-corrected chi connectivity index (χ4v) is 5.19. The van der Waals surface area contributed by atoms with Gasteiger partial charge in [-0.05, 0) is 148 Å². The Balaban J connectivity index is 0.000000266. The number of halogens is 1. The van der Waals surface area contributed by atoms with Crippen molar-refractivity contribution in [3.63, 3.8) is 0 Å². The molecule has 0 aromatic heterocycles. The molecule has 268 valence electrons. The van der Waals surface area contributed by atoms with E-state index in [9.17, 15) is 0 Å². The van der Waals surface area contributed by atoms with Gasteiger partial charge in [0, 0.05) is 23.8 Å². The molecule has 0 heterocycles. The summed E-state index contributed by atoms with van der Waals surface area (Å²) in [6.45, 7) is 16.9. The second kappa shape index (κ2) is 24.3. The largest absolute Gasteiger partial charge is 0.457 e. The highest BCUT2D eigenvalue weighted by molar-refractivity contribution is 6.30. The lowest BCUT2D eigenvalue weighted by Gasteiger charge is -2.08. The highest BCUT2D eigenvalue weighted by Gasteiger charge is 2.00. The molecule has 0 saturated carbocycles. The number of nitriles is 1. The maximum Gasteiger partial charge on any atom is 0.127 e. The van der Waals surface area contributed by atoms with Crippen LogP contribution < -0.4 is 15.4 Å². The first-order valence-corrected chi connectivity index (χ1v) is 18.0. The van der Waals surface area contributed by atoms with Crippen LogP contribution in [-0.2, 0) is 24.3 Å². The molecule has 5 rings (SSSR count). The number of nitrogens with zero attached hydrogens (tertiary/aromatic N) is 1. The molecule has 0 unspecified atom stereocenters. The van der Waals surface area contributed by atoms with E-state index in [0.717, 1.165) is 61.0 Å². The quantitative estimate of drug-likeness (QED) is 0.106. The summed E-state index contributed by atoms with van der Waals surface area (Å²) >= 11 is 5.82. The van der Waals surface area contributed by atoms with Crippen LogP contribution in [0.1, 0.15) is 78.1 Å². The lowest BCUT2D eigenvalue weighted by Crippen LogP contribution is -2.13. The molecule has 0 aliphatic rings. The number of carbonyl (C=O) groups is 1.